The summed E-state index contributed by atoms with van der Waals surface area (Å²) in [4.78, 5) is 25.6. The number of hydrogen-bond acceptors (Lipinski definition) is 6. The van der Waals surface area contributed by atoms with Gasteiger partial charge < -0.3 is 9.47 Å². The molecule has 1 N–H and O–H groups in total. The fourth-order valence-corrected chi connectivity index (χ4v) is 3.11. The summed E-state index contributed by atoms with van der Waals surface area (Å²) < 4.78 is 29.1. The van der Waals surface area contributed by atoms with Crippen LogP contribution in [0.1, 0.15) is 18.2 Å². The van der Waals surface area contributed by atoms with E-state index in [9.17, 15) is 14.2 Å². The van der Waals surface area contributed by atoms with Crippen molar-refractivity contribution in [1.82, 2.24) is 9.55 Å². The molecule has 0 radical (unpaired) electrons. The molecular weight excluding hydrogens is 299 g/mol. The van der Waals surface area contributed by atoms with E-state index >= 15 is 0 Å². The second-order valence-electron chi connectivity index (χ2n) is 5.44. The molecule has 0 spiro atoms. The maximum atomic E-state index is 11.9. The molecule has 2 saturated heterocycles. The summed E-state index contributed by atoms with van der Waals surface area (Å²) in [5.41, 5.74) is -1.21. The number of aryl methyl sites for hydroxylation is 1. The Morgan fingerprint density at radius 2 is 2.33 bits per heavy atom. The van der Waals surface area contributed by atoms with Crippen molar-refractivity contribution < 1.29 is 18.6 Å². The summed E-state index contributed by atoms with van der Waals surface area (Å²) in [7, 11) is -1.72. The Hall–Kier alpha value is -1.34. The molecule has 21 heavy (non-hydrogen) atoms. The predicted molar refractivity (Wildman–Crippen MR) is 72.8 cm³/mol. The first-order valence-electron chi connectivity index (χ1n) is 6.55. The van der Waals surface area contributed by atoms with E-state index in [1.165, 1.54) is 17.4 Å². The van der Waals surface area contributed by atoms with Crippen molar-refractivity contribution in [3.63, 3.8) is 0 Å². The minimum Gasteiger partial charge on any atom is -0.370 e. The van der Waals surface area contributed by atoms with E-state index in [0.717, 1.165) is 0 Å². The van der Waals surface area contributed by atoms with Crippen LogP contribution in [0, 0.1) is 6.92 Å². The van der Waals surface area contributed by atoms with Gasteiger partial charge in [-0.15, -0.1) is 4.52 Å². The van der Waals surface area contributed by atoms with E-state index in [0.29, 0.717) is 18.6 Å². The highest BCUT2D eigenvalue weighted by molar-refractivity contribution is 7.38. The molecule has 0 aromatic carbocycles. The SMILES string of the molecule is Cc1cn([C@@H]2O[C@@]3(CO[P+](C)=O)CO[C@@H]2C3)c(=O)[nH]c1=O. The quantitative estimate of drug-likeness (QED) is 0.802. The molecule has 2 aliphatic heterocycles. The van der Waals surface area contributed by atoms with Crippen molar-refractivity contribution in [2.24, 2.45) is 0 Å². The van der Waals surface area contributed by atoms with Gasteiger partial charge in [-0.05, 0) is 11.5 Å². The Bertz CT molecular complexity index is 698. The van der Waals surface area contributed by atoms with Gasteiger partial charge in [-0.3, -0.25) is 14.3 Å². The van der Waals surface area contributed by atoms with Crippen molar-refractivity contribution in [3.8, 4) is 0 Å². The fraction of sp³-hybridized carbons (Fsp3) is 0.667. The number of nitrogens with zero attached hydrogens (tertiary/aromatic N) is 1. The maximum Gasteiger partial charge on any atom is 0.504 e. The second-order valence-corrected chi connectivity index (χ2v) is 6.57. The van der Waals surface area contributed by atoms with Crippen LogP contribution in [-0.4, -0.2) is 41.1 Å². The summed E-state index contributed by atoms with van der Waals surface area (Å²) in [6.07, 6.45) is 1.13. The van der Waals surface area contributed by atoms with Gasteiger partial charge in [-0.2, -0.15) is 0 Å². The molecule has 1 unspecified atom stereocenters. The molecule has 2 bridgehead atoms. The van der Waals surface area contributed by atoms with Crippen LogP contribution < -0.4 is 11.2 Å². The molecule has 0 aliphatic carbocycles. The fourth-order valence-electron chi connectivity index (χ4n) is 2.69. The zero-order valence-electron chi connectivity index (χ0n) is 11.7. The van der Waals surface area contributed by atoms with E-state index in [-0.39, 0.29) is 12.7 Å². The lowest BCUT2D eigenvalue weighted by atomic mass is 10.0. The van der Waals surface area contributed by atoms with Crippen LogP contribution in [0.2, 0.25) is 0 Å². The lowest BCUT2D eigenvalue weighted by Crippen LogP contribution is -2.42. The number of aromatic nitrogens is 2. The number of fused-ring (bicyclic) bond motifs is 2. The van der Waals surface area contributed by atoms with Crippen LogP contribution in [0.15, 0.2) is 15.8 Å². The summed E-state index contributed by atoms with van der Waals surface area (Å²) in [5.74, 6) is 0. The molecule has 9 heteroatoms. The highest BCUT2D eigenvalue weighted by Gasteiger charge is 2.55. The molecule has 3 heterocycles. The van der Waals surface area contributed by atoms with Crippen LogP contribution >= 0.6 is 8.03 Å². The summed E-state index contributed by atoms with van der Waals surface area (Å²) >= 11 is 0. The molecule has 1 aromatic heterocycles. The average Bonchev–Trinajstić information content (AvgIpc) is 2.99. The van der Waals surface area contributed by atoms with Crippen molar-refractivity contribution in [2.45, 2.75) is 31.3 Å². The summed E-state index contributed by atoms with van der Waals surface area (Å²) in [5, 5.41) is 0. The third-order valence-corrected chi connectivity index (χ3v) is 4.24. The normalized spacial score (nSPS) is 31.6. The maximum absolute atomic E-state index is 11.9. The number of nitrogens with one attached hydrogen (secondary N) is 1. The number of rotatable bonds is 4. The first-order valence-corrected chi connectivity index (χ1v) is 8.18. The Balaban J connectivity index is 1.86. The van der Waals surface area contributed by atoms with Gasteiger partial charge in [0.25, 0.3) is 5.56 Å². The molecule has 4 atom stereocenters. The lowest BCUT2D eigenvalue weighted by Gasteiger charge is -2.29. The molecule has 8 nitrogen and oxygen atoms in total. The zero-order chi connectivity index (χ0) is 15.2. The van der Waals surface area contributed by atoms with E-state index in [4.69, 9.17) is 14.0 Å². The lowest BCUT2D eigenvalue weighted by molar-refractivity contribution is -0.181. The van der Waals surface area contributed by atoms with Crippen molar-refractivity contribution in [2.75, 3.05) is 19.9 Å². The highest BCUT2D eigenvalue weighted by atomic mass is 31.1. The molecule has 114 valence electrons. The summed E-state index contributed by atoms with van der Waals surface area (Å²) in [6, 6.07) is 0. The first-order chi connectivity index (χ1) is 9.90. The van der Waals surface area contributed by atoms with Gasteiger partial charge in [-0.1, -0.05) is 0 Å². The monoisotopic (exact) mass is 315 g/mol. The Morgan fingerprint density at radius 3 is 3.05 bits per heavy atom. The van der Waals surface area contributed by atoms with E-state index in [2.05, 4.69) is 4.98 Å². The Labute approximate surface area is 120 Å². The Morgan fingerprint density at radius 1 is 1.57 bits per heavy atom. The van der Waals surface area contributed by atoms with Crippen LogP contribution in [0.4, 0.5) is 0 Å². The first kappa shape index (κ1) is 14.6. The van der Waals surface area contributed by atoms with Crippen molar-refractivity contribution >= 4 is 8.03 Å². The standard InChI is InChI=1S/C12H15N2O6P/c1-7-4-14(11(16)13-9(7)15)10-8-3-12(20-10,5-18-8)6-19-21(2)17/h4,8,10H,3,5-6H2,1-2H3/p+1/t8-,10-,12-/m1/s1. The van der Waals surface area contributed by atoms with E-state index < -0.39 is 31.1 Å². The molecule has 1 aromatic rings. The topological polar surface area (TPSA) is 99.6 Å². The molecular formula is C12H16N2O6P+. The van der Waals surface area contributed by atoms with Gasteiger partial charge in [0.05, 0.1) is 6.61 Å². The number of aromatic amines is 1. The molecule has 3 rings (SSSR count). The number of ether oxygens (including phenoxy) is 2. The van der Waals surface area contributed by atoms with Crippen molar-refractivity contribution in [1.29, 1.82) is 0 Å². The zero-order valence-corrected chi connectivity index (χ0v) is 12.6. The van der Waals surface area contributed by atoms with Crippen LogP contribution in [0.3, 0.4) is 0 Å². The van der Waals surface area contributed by atoms with Gasteiger partial charge in [-0.25, -0.2) is 4.79 Å². The largest absolute Gasteiger partial charge is 0.504 e. The van der Waals surface area contributed by atoms with Gasteiger partial charge in [0.1, 0.15) is 18.3 Å². The van der Waals surface area contributed by atoms with Gasteiger partial charge >= 0.3 is 13.7 Å². The number of H-pyrrole nitrogens is 1. The van der Waals surface area contributed by atoms with E-state index in [1.54, 1.807) is 6.92 Å². The second kappa shape index (κ2) is 5.14. The minimum absolute atomic E-state index is 0.156. The van der Waals surface area contributed by atoms with Gasteiger partial charge in [0.2, 0.25) is 0 Å². The molecule has 2 fully saturated rings. The average molecular weight is 315 g/mol. The molecule has 0 saturated carbocycles. The van der Waals surface area contributed by atoms with Crippen LogP contribution in [0.5, 0.6) is 0 Å². The van der Waals surface area contributed by atoms with E-state index in [1.807, 2.05) is 0 Å². The van der Waals surface area contributed by atoms with Gasteiger partial charge in [0, 0.05) is 18.2 Å². The smallest absolute Gasteiger partial charge is 0.370 e. The molecule has 2 aliphatic rings. The minimum atomic E-state index is -1.72. The predicted octanol–water partition coefficient (Wildman–Crippen LogP) is 0.290. The highest BCUT2D eigenvalue weighted by Crippen LogP contribution is 2.45. The Kier molecular flexibility index (Phi) is 3.57. The third kappa shape index (κ3) is 2.60. The summed E-state index contributed by atoms with van der Waals surface area (Å²) in [6.45, 7) is 3.59. The van der Waals surface area contributed by atoms with Crippen LogP contribution in [-0.2, 0) is 18.6 Å². The van der Waals surface area contributed by atoms with Crippen molar-refractivity contribution in [3.05, 3.63) is 32.6 Å². The molecule has 0 amide bonds. The number of hydrogen-bond donors (Lipinski definition) is 1. The third-order valence-electron chi connectivity index (χ3n) is 3.75. The van der Waals surface area contributed by atoms with Gasteiger partial charge in [0.15, 0.2) is 12.9 Å². The van der Waals surface area contributed by atoms with Crippen LogP contribution in [0.25, 0.3) is 0 Å².